The highest BCUT2D eigenvalue weighted by Gasteiger charge is 2.16. The van der Waals surface area contributed by atoms with Crippen LogP contribution in [0.15, 0.2) is 59.8 Å². The largest absolute Gasteiger partial charge is 0.496 e. The summed E-state index contributed by atoms with van der Waals surface area (Å²) in [6.07, 6.45) is 0. The molecule has 0 amide bonds. The number of aromatic nitrogens is 3. The molecule has 3 rings (SSSR count). The highest BCUT2D eigenvalue weighted by atomic mass is 32.2. The molecule has 2 aromatic carbocycles. The third-order valence-electron chi connectivity index (χ3n) is 3.71. The molecular formula is C19H21N3O2S. The van der Waals surface area contributed by atoms with E-state index in [9.17, 15) is 0 Å². The summed E-state index contributed by atoms with van der Waals surface area (Å²) >= 11 is 1.64. The van der Waals surface area contributed by atoms with Crippen LogP contribution in [0.4, 0.5) is 0 Å². The number of thioether (sulfide) groups is 1. The van der Waals surface area contributed by atoms with E-state index in [-0.39, 0.29) is 0 Å². The lowest BCUT2D eigenvalue weighted by Gasteiger charge is -2.10. The second kappa shape index (κ2) is 8.58. The molecule has 0 unspecified atom stereocenters. The van der Waals surface area contributed by atoms with E-state index in [1.807, 2.05) is 54.6 Å². The first kappa shape index (κ1) is 17.4. The number of benzene rings is 2. The van der Waals surface area contributed by atoms with Crippen molar-refractivity contribution in [1.29, 1.82) is 0 Å². The van der Waals surface area contributed by atoms with Crippen molar-refractivity contribution in [3.05, 3.63) is 54.6 Å². The lowest BCUT2D eigenvalue weighted by atomic mass is 10.2. The maximum absolute atomic E-state index is 5.73. The molecule has 1 aromatic heterocycles. The number of nitrogens with zero attached hydrogens (tertiary/aromatic N) is 3. The molecule has 0 aliphatic rings. The Hall–Kier alpha value is -2.47. The Balaban J connectivity index is 1.68. The van der Waals surface area contributed by atoms with Crippen LogP contribution in [0.25, 0.3) is 11.4 Å². The number of hydrogen-bond acceptors (Lipinski definition) is 5. The van der Waals surface area contributed by atoms with E-state index in [2.05, 4.69) is 21.7 Å². The normalized spacial score (nSPS) is 10.6. The molecule has 0 N–H and O–H groups in total. The molecule has 0 atom stereocenters. The molecule has 0 bridgehead atoms. The first-order valence-corrected chi connectivity index (χ1v) is 9.19. The monoisotopic (exact) mass is 355 g/mol. The Bertz CT molecular complexity index is 805. The fourth-order valence-corrected chi connectivity index (χ4v) is 3.34. The number of para-hydroxylation sites is 2. The van der Waals surface area contributed by atoms with Crippen LogP contribution in [0.3, 0.4) is 0 Å². The van der Waals surface area contributed by atoms with Gasteiger partial charge in [0.15, 0.2) is 11.0 Å². The topological polar surface area (TPSA) is 49.2 Å². The molecule has 0 spiro atoms. The van der Waals surface area contributed by atoms with E-state index in [1.54, 1.807) is 18.9 Å². The minimum absolute atomic E-state index is 0.620. The number of hydrogen-bond donors (Lipinski definition) is 0. The van der Waals surface area contributed by atoms with Crippen molar-refractivity contribution in [3.8, 4) is 22.9 Å². The molecule has 0 aliphatic carbocycles. The van der Waals surface area contributed by atoms with Crippen LogP contribution in [0, 0.1) is 0 Å². The lowest BCUT2D eigenvalue weighted by Crippen LogP contribution is -2.04. The molecule has 0 radical (unpaired) electrons. The Morgan fingerprint density at radius 3 is 2.52 bits per heavy atom. The number of rotatable bonds is 8. The summed E-state index contributed by atoms with van der Waals surface area (Å²) in [6, 6.07) is 17.7. The van der Waals surface area contributed by atoms with Gasteiger partial charge in [0, 0.05) is 12.3 Å². The van der Waals surface area contributed by atoms with Crippen LogP contribution in [0.5, 0.6) is 11.5 Å². The van der Waals surface area contributed by atoms with Gasteiger partial charge in [0.05, 0.1) is 19.3 Å². The summed E-state index contributed by atoms with van der Waals surface area (Å²) in [6.45, 7) is 3.50. The quantitative estimate of drug-likeness (QED) is 0.449. The molecule has 5 nitrogen and oxygen atoms in total. The number of ether oxygens (including phenoxy) is 2. The van der Waals surface area contributed by atoms with E-state index in [1.165, 1.54) is 0 Å². The Labute approximate surface area is 152 Å². The molecule has 1 heterocycles. The van der Waals surface area contributed by atoms with Gasteiger partial charge in [-0.2, -0.15) is 0 Å². The molecule has 130 valence electrons. The van der Waals surface area contributed by atoms with Gasteiger partial charge in [0.1, 0.15) is 11.5 Å². The van der Waals surface area contributed by atoms with Gasteiger partial charge in [-0.15, -0.1) is 10.2 Å². The Kier molecular flexibility index (Phi) is 5.95. The lowest BCUT2D eigenvalue weighted by molar-refractivity contribution is 0.344. The van der Waals surface area contributed by atoms with Crippen LogP contribution >= 0.6 is 11.8 Å². The van der Waals surface area contributed by atoms with E-state index in [0.29, 0.717) is 6.61 Å². The van der Waals surface area contributed by atoms with Crippen LogP contribution in [-0.4, -0.2) is 34.2 Å². The fraction of sp³-hybridized carbons (Fsp3) is 0.263. The standard InChI is InChI=1S/C19H21N3O2S/c1-3-22-18(16-11-7-8-12-17(16)23-2)20-21-19(22)25-14-13-24-15-9-5-4-6-10-15/h4-12H,3,13-14H2,1-2H3. The smallest absolute Gasteiger partial charge is 0.191 e. The molecule has 3 aromatic rings. The van der Waals surface area contributed by atoms with Gasteiger partial charge in [-0.1, -0.05) is 42.1 Å². The zero-order chi connectivity index (χ0) is 17.5. The number of methoxy groups -OCH3 is 1. The highest BCUT2D eigenvalue weighted by molar-refractivity contribution is 7.99. The second-order valence-electron chi connectivity index (χ2n) is 5.26. The molecule has 0 saturated heterocycles. The maximum atomic E-state index is 5.73. The third kappa shape index (κ3) is 4.14. The highest BCUT2D eigenvalue weighted by Crippen LogP contribution is 2.30. The minimum atomic E-state index is 0.620. The van der Waals surface area contributed by atoms with Gasteiger partial charge in [0.25, 0.3) is 0 Å². The summed E-state index contributed by atoms with van der Waals surface area (Å²) in [7, 11) is 1.67. The average molecular weight is 355 g/mol. The van der Waals surface area contributed by atoms with Crippen molar-refractivity contribution in [2.24, 2.45) is 0 Å². The Morgan fingerprint density at radius 1 is 1.00 bits per heavy atom. The van der Waals surface area contributed by atoms with E-state index < -0.39 is 0 Å². The molecular weight excluding hydrogens is 334 g/mol. The minimum Gasteiger partial charge on any atom is -0.496 e. The Morgan fingerprint density at radius 2 is 1.76 bits per heavy atom. The SMILES string of the molecule is CCn1c(SCCOc2ccccc2)nnc1-c1ccccc1OC. The first-order valence-electron chi connectivity index (χ1n) is 8.20. The molecule has 25 heavy (non-hydrogen) atoms. The predicted octanol–water partition coefficient (Wildman–Crippen LogP) is 4.14. The second-order valence-corrected chi connectivity index (χ2v) is 6.32. The van der Waals surface area contributed by atoms with Gasteiger partial charge in [-0.3, -0.25) is 0 Å². The van der Waals surface area contributed by atoms with Crippen molar-refractivity contribution in [3.63, 3.8) is 0 Å². The van der Waals surface area contributed by atoms with Crippen LogP contribution in [0.2, 0.25) is 0 Å². The molecule has 0 fully saturated rings. The zero-order valence-corrected chi connectivity index (χ0v) is 15.2. The van der Waals surface area contributed by atoms with Crippen molar-refractivity contribution >= 4 is 11.8 Å². The van der Waals surface area contributed by atoms with Crippen molar-refractivity contribution < 1.29 is 9.47 Å². The summed E-state index contributed by atoms with van der Waals surface area (Å²) in [4.78, 5) is 0. The van der Waals surface area contributed by atoms with Gasteiger partial charge in [-0.05, 0) is 31.2 Å². The van der Waals surface area contributed by atoms with Gasteiger partial charge >= 0.3 is 0 Å². The zero-order valence-electron chi connectivity index (χ0n) is 14.4. The molecule has 0 aliphatic heterocycles. The van der Waals surface area contributed by atoms with E-state index >= 15 is 0 Å². The summed E-state index contributed by atoms with van der Waals surface area (Å²) in [5, 5.41) is 9.61. The summed E-state index contributed by atoms with van der Waals surface area (Å²) in [5.74, 6) is 3.31. The van der Waals surface area contributed by atoms with E-state index in [0.717, 1.165) is 40.3 Å². The van der Waals surface area contributed by atoms with Gasteiger partial charge in [-0.25, -0.2) is 0 Å². The maximum Gasteiger partial charge on any atom is 0.191 e. The summed E-state index contributed by atoms with van der Waals surface area (Å²) < 4.78 is 13.3. The van der Waals surface area contributed by atoms with E-state index in [4.69, 9.17) is 9.47 Å². The van der Waals surface area contributed by atoms with Crippen LogP contribution in [-0.2, 0) is 6.54 Å². The summed E-state index contributed by atoms with van der Waals surface area (Å²) in [5.41, 5.74) is 0.951. The fourth-order valence-electron chi connectivity index (χ4n) is 2.52. The molecule has 0 saturated carbocycles. The molecule has 6 heteroatoms. The van der Waals surface area contributed by atoms with Crippen molar-refractivity contribution in [2.75, 3.05) is 19.5 Å². The van der Waals surface area contributed by atoms with Crippen LogP contribution in [0.1, 0.15) is 6.92 Å². The first-order chi connectivity index (χ1) is 12.3. The van der Waals surface area contributed by atoms with Crippen LogP contribution < -0.4 is 9.47 Å². The van der Waals surface area contributed by atoms with Crippen molar-refractivity contribution in [2.45, 2.75) is 18.6 Å². The van der Waals surface area contributed by atoms with Gasteiger partial charge in [0.2, 0.25) is 0 Å². The van der Waals surface area contributed by atoms with Crippen molar-refractivity contribution in [1.82, 2.24) is 14.8 Å². The van der Waals surface area contributed by atoms with Gasteiger partial charge < -0.3 is 14.0 Å². The predicted molar refractivity (Wildman–Crippen MR) is 100 cm³/mol. The third-order valence-corrected chi connectivity index (χ3v) is 4.64. The average Bonchev–Trinajstić information content (AvgIpc) is 3.08.